The molecule has 2 fully saturated rings. The molecule has 44 heavy (non-hydrogen) atoms. The molecule has 2 aromatic heterocycles. The Hall–Kier alpha value is -1.58. The average Bonchev–Trinajstić information content (AvgIpc) is 3.51. The van der Waals surface area contributed by atoms with Crippen molar-refractivity contribution in [3.05, 3.63) is 61.2 Å². The molecule has 1 atom stereocenters. The third-order valence-electron chi connectivity index (χ3n) is 6.55. The summed E-state index contributed by atoms with van der Waals surface area (Å²) < 4.78 is 56.0. The van der Waals surface area contributed by atoms with Gasteiger partial charge in [0.25, 0.3) is 0 Å². The first-order chi connectivity index (χ1) is 20.2. The predicted octanol–water partition coefficient (Wildman–Crippen LogP) is -8.17. The smallest absolute Gasteiger partial charge is 0.537 e. The van der Waals surface area contributed by atoms with Gasteiger partial charge < -0.3 is 28.8 Å². The van der Waals surface area contributed by atoms with Crippen molar-refractivity contribution in [2.24, 2.45) is 0 Å². The van der Waals surface area contributed by atoms with Crippen LogP contribution in [0.5, 0.6) is 5.75 Å². The van der Waals surface area contributed by atoms with Gasteiger partial charge in [0.05, 0.1) is 33.3 Å². The van der Waals surface area contributed by atoms with Crippen LogP contribution < -0.4 is 73.5 Å². The van der Waals surface area contributed by atoms with Crippen LogP contribution in [-0.4, -0.2) is 69.0 Å². The average molecular weight is 731 g/mol. The second-order valence-corrected chi connectivity index (χ2v) is 12.3. The number of hydrogen-bond acceptors (Lipinski definition) is 14. The monoisotopic (exact) mass is 731 g/mol. The van der Waals surface area contributed by atoms with Crippen molar-refractivity contribution in [1.29, 1.82) is 0 Å². The zero-order chi connectivity index (χ0) is 31.7. The fourth-order valence-electron chi connectivity index (χ4n) is 3.74. The Kier molecular flexibility index (Phi) is 15.2. The maximum Gasteiger partial charge on any atom is 1.00 e. The third kappa shape index (κ3) is 12.3. The standard InChI is InChI=1S/C14H17BN2O2.C8H6BN2O2.C4H8O2.IO4.Na/c1-13(2)14(3,4)19-15(18-13)10-5-6-11-12(9-10)17-8-7-16-11;12-9-13-6-1-2-7-8(5-6)11-4-3-10-7;5-4-2-1-3-6-4;2-1(3,4)5;/h5-9H,1-4H3;1-5,12H;4-5H,1-3H2;;/q;;;-1;+1. The second kappa shape index (κ2) is 17.4. The van der Waals surface area contributed by atoms with Gasteiger partial charge in [0.1, 0.15) is 25.8 Å². The van der Waals surface area contributed by atoms with Crippen molar-refractivity contribution < 1.29 is 92.2 Å². The van der Waals surface area contributed by atoms with Gasteiger partial charge in [-0.15, -0.1) is 0 Å². The summed E-state index contributed by atoms with van der Waals surface area (Å²) in [5.41, 5.74) is 3.60. The van der Waals surface area contributed by atoms with Crippen LogP contribution in [0.1, 0.15) is 40.5 Å². The van der Waals surface area contributed by atoms with Crippen molar-refractivity contribution in [3.8, 4) is 5.75 Å². The van der Waals surface area contributed by atoms with Crippen LogP contribution in [0, 0.1) is 0 Å². The van der Waals surface area contributed by atoms with Gasteiger partial charge >= 0.3 is 44.4 Å². The number of aliphatic hydroxyl groups is 1. The topological polar surface area (TPSA) is 221 Å². The minimum absolute atomic E-state index is 0. The summed E-state index contributed by atoms with van der Waals surface area (Å²) in [6, 6.07) is 11.1. The van der Waals surface area contributed by atoms with Crippen molar-refractivity contribution in [2.75, 3.05) is 6.61 Å². The van der Waals surface area contributed by atoms with Crippen LogP contribution in [0.25, 0.3) is 22.1 Å². The number of aromatic nitrogens is 4. The Balaban J connectivity index is 0.000000233. The normalized spacial score (nSPS) is 18.0. The van der Waals surface area contributed by atoms with E-state index in [1.165, 1.54) is 0 Å². The maximum atomic E-state index is 8.62. The van der Waals surface area contributed by atoms with Gasteiger partial charge in [0.2, 0.25) is 0 Å². The molecular formula is C26H31B2IN4NaO10. The van der Waals surface area contributed by atoms with E-state index in [1.54, 1.807) is 43.0 Å². The molecule has 2 aliphatic heterocycles. The molecule has 0 aliphatic carbocycles. The third-order valence-corrected chi connectivity index (χ3v) is 6.55. The SMILES string of the molecule is CC1(C)OB(c2ccc3nccnc3c2)OC1(C)C.OC1CCCO1.O[B]Oc1ccc2nccnc2c1.[Na+].[O-][I+3]([O-])([O-])[O-]. The van der Waals surface area contributed by atoms with E-state index in [-0.39, 0.29) is 47.9 Å². The van der Waals surface area contributed by atoms with Crippen molar-refractivity contribution in [2.45, 2.75) is 58.0 Å². The number of fused-ring (bicyclic) bond motifs is 2. The molecule has 6 rings (SSSR count). The van der Waals surface area contributed by atoms with Gasteiger partial charge in [-0.25, -0.2) is 0 Å². The molecule has 1 unspecified atom stereocenters. The molecule has 4 aromatic rings. The number of aliphatic hydroxyl groups excluding tert-OH is 1. The Morgan fingerprint density at radius 1 is 0.841 bits per heavy atom. The molecule has 0 bridgehead atoms. The Bertz CT molecular complexity index is 1440. The first-order valence-electron chi connectivity index (χ1n) is 13.0. The summed E-state index contributed by atoms with van der Waals surface area (Å²) in [5.74, 6) is 0.538. The van der Waals surface area contributed by atoms with E-state index in [0.717, 1.165) is 47.0 Å². The molecule has 2 aliphatic rings. The van der Waals surface area contributed by atoms with E-state index < -0.39 is 26.4 Å². The summed E-state index contributed by atoms with van der Waals surface area (Å²) in [4.78, 5) is 16.8. The molecular weight excluding hydrogens is 700 g/mol. The summed E-state index contributed by atoms with van der Waals surface area (Å²) in [6.45, 7) is 8.94. The summed E-state index contributed by atoms with van der Waals surface area (Å²) in [6.07, 6.45) is 7.99. The quantitative estimate of drug-likeness (QED) is 0.148. The van der Waals surface area contributed by atoms with E-state index in [1.807, 2.05) is 45.9 Å². The van der Waals surface area contributed by atoms with Crippen molar-refractivity contribution >= 4 is 42.3 Å². The van der Waals surface area contributed by atoms with Crippen LogP contribution in [0.3, 0.4) is 0 Å². The summed E-state index contributed by atoms with van der Waals surface area (Å²) in [7, 11) is 0.286. The van der Waals surface area contributed by atoms with E-state index in [4.69, 9.17) is 42.6 Å². The zero-order valence-electron chi connectivity index (χ0n) is 25.0. The molecule has 4 heterocycles. The van der Waals surface area contributed by atoms with E-state index in [2.05, 4.69) is 19.9 Å². The molecule has 0 saturated carbocycles. The largest absolute Gasteiger partial charge is 1.00 e. The van der Waals surface area contributed by atoms with Crippen molar-refractivity contribution in [1.82, 2.24) is 19.9 Å². The molecule has 2 saturated heterocycles. The van der Waals surface area contributed by atoms with Gasteiger partial charge in [-0.05, 0) is 63.8 Å². The fraction of sp³-hybridized carbons (Fsp3) is 0.385. The van der Waals surface area contributed by atoms with E-state index >= 15 is 0 Å². The molecule has 229 valence electrons. The van der Waals surface area contributed by atoms with Gasteiger partial charge in [-0.3, -0.25) is 33.7 Å². The molecule has 14 nitrogen and oxygen atoms in total. The van der Waals surface area contributed by atoms with E-state index in [9.17, 15) is 0 Å². The van der Waals surface area contributed by atoms with Crippen LogP contribution in [0.2, 0.25) is 0 Å². The van der Waals surface area contributed by atoms with E-state index in [0.29, 0.717) is 13.4 Å². The van der Waals surface area contributed by atoms with Crippen LogP contribution in [0.4, 0.5) is 0 Å². The molecule has 18 heteroatoms. The minimum atomic E-state index is -5.94. The number of rotatable bonds is 3. The first-order valence-corrected chi connectivity index (χ1v) is 16.5. The molecule has 0 spiro atoms. The number of nitrogens with zero attached hydrogens (tertiary/aromatic N) is 4. The molecule has 2 N–H and O–H groups in total. The zero-order valence-corrected chi connectivity index (χ0v) is 29.1. The maximum absolute atomic E-state index is 8.62. The first kappa shape index (κ1) is 38.6. The number of ether oxygens (including phenoxy) is 1. The van der Waals surface area contributed by atoms with Gasteiger partial charge in [-0.2, -0.15) is 0 Å². The van der Waals surface area contributed by atoms with Crippen molar-refractivity contribution in [3.63, 3.8) is 0 Å². The Labute approximate surface area is 284 Å². The summed E-state index contributed by atoms with van der Waals surface area (Å²) >= 11 is -5.94. The molecule has 1 radical (unpaired) electrons. The van der Waals surface area contributed by atoms with Gasteiger partial charge in [0.15, 0.2) is 6.29 Å². The Morgan fingerprint density at radius 3 is 1.75 bits per heavy atom. The van der Waals surface area contributed by atoms with Crippen LogP contribution in [0.15, 0.2) is 61.2 Å². The summed E-state index contributed by atoms with van der Waals surface area (Å²) in [5, 5.41) is 16.9. The fourth-order valence-corrected chi connectivity index (χ4v) is 3.74. The Morgan fingerprint density at radius 2 is 1.32 bits per heavy atom. The second-order valence-electron chi connectivity index (χ2n) is 10.2. The van der Waals surface area contributed by atoms with Gasteiger partial charge in [0, 0.05) is 43.9 Å². The number of hydrogen-bond donors (Lipinski definition) is 2. The van der Waals surface area contributed by atoms with Crippen LogP contribution >= 0.6 is 0 Å². The number of halogens is 1. The van der Waals surface area contributed by atoms with Crippen LogP contribution in [-0.2, 0) is 14.0 Å². The minimum Gasteiger partial charge on any atom is -0.537 e. The molecule has 2 aromatic carbocycles. The molecule has 0 amide bonds. The number of benzene rings is 2. The van der Waals surface area contributed by atoms with Gasteiger partial charge in [-0.1, -0.05) is 6.07 Å². The predicted molar refractivity (Wildman–Crippen MR) is 145 cm³/mol.